The first kappa shape index (κ1) is 23.7. The highest BCUT2D eigenvalue weighted by atomic mass is 32.1. The third kappa shape index (κ3) is 3.23. The van der Waals surface area contributed by atoms with Crippen molar-refractivity contribution < 1.29 is 0 Å². The van der Waals surface area contributed by atoms with Crippen LogP contribution in [0.25, 0.3) is 80.7 Å². The largest absolute Gasteiger partial charge is 0.135 e. The van der Waals surface area contributed by atoms with Gasteiger partial charge in [0.15, 0.2) is 0 Å². The van der Waals surface area contributed by atoms with Crippen molar-refractivity contribution >= 4 is 58.6 Å². The minimum atomic E-state index is 1.11. The van der Waals surface area contributed by atoms with E-state index >= 15 is 0 Å². The second-order valence-electron chi connectivity index (χ2n) is 11.4. The fourth-order valence-electron chi connectivity index (χ4n) is 7.15. The highest BCUT2D eigenvalue weighted by molar-refractivity contribution is 7.26. The minimum Gasteiger partial charge on any atom is -0.135 e. The Kier molecular flexibility index (Phi) is 4.94. The lowest BCUT2D eigenvalue weighted by molar-refractivity contribution is 1.51. The third-order valence-electron chi connectivity index (χ3n) is 9.03. The molecule has 1 aromatic heterocycles. The van der Waals surface area contributed by atoms with E-state index in [2.05, 4.69) is 141 Å². The molecule has 0 nitrogen and oxygen atoms in total. The highest BCUT2D eigenvalue weighted by Gasteiger charge is 2.24. The van der Waals surface area contributed by atoms with Crippen LogP contribution >= 0.6 is 11.3 Å². The van der Waals surface area contributed by atoms with E-state index in [1.165, 1.54) is 91.8 Å². The minimum absolute atomic E-state index is 1.11. The first-order valence-electron chi connectivity index (χ1n) is 14.5. The van der Waals surface area contributed by atoms with Gasteiger partial charge in [-0.2, -0.15) is 0 Å². The van der Waals surface area contributed by atoms with Crippen LogP contribution in [0.3, 0.4) is 0 Å². The predicted octanol–water partition coefficient (Wildman–Crippen LogP) is 12.0. The molecule has 1 heterocycles. The average molecular weight is 551 g/mol. The monoisotopic (exact) mass is 550 g/mol. The topological polar surface area (TPSA) is 0 Å². The van der Waals surface area contributed by atoms with Crippen LogP contribution in [0.2, 0.25) is 0 Å². The Morgan fingerprint density at radius 1 is 0.452 bits per heavy atom. The first-order valence-corrected chi connectivity index (χ1v) is 15.3. The van der Waals surface area contributed by atoms with Crippen molar-refractivity contribution in [2.24, 2.45) is 0 Å². The van der Waals surface area contributed by atoms with Gasteiger partial charge in [-0.1, -0.05) is 127 Å². The van der Waals surface area contributed by atoms with Gasteiger partial charge < -0.3 is 0 Å². The molecule has 8 aromatic rings. The Balaban J connectivity index is 1.39. The van der Waals surface area contributed by atoms with Crippen LogP contribution in [0.4, 0.5) is 0 Å². The summed E-state index contributed by atoms with van der Waals surface area (Å²) in [7, 11) is 0. The zero-order chi connectivity index (χ0) is 27.9. The Morgan fingerprint density at radius 3 is 1.95 bits per heavy atom. The van der Waals surface area contributed by atoms with Gasteiger partial charge in [-0.15, -0.1) is 11.3 Å². The summed E-state index contributed by atoms with van der Waals surface area (Å²) < 4.78 is 2.69. The Morgan fingerprint density at radius 2 is 1.10 bits per heavy atom. The van der Waals surface area contributed by atoms with E-state index in [1.807, 2.05) is 11.3 Å². The zero-order valence-electron chi connectivity index (χ0n) is 23.2. The molecule has 0 spiro atoms. The molecule has 0 saturated heterocycles. The molecule has 7 aromatic carbocycles. The van der Waals surface area contributed by atoms with Gasteiger partial charge >= 0.3 is 0 Å². The summed E-state index contributed by atoms with van der Waals surface area (Å²) in [6.07, 6.45) is 0. The molecular formula is C41H26S. The molecule has 0 unspecified atom stereocenters. The SMILES string of the molecule is C=C1c2ccccc2-c2ccc(-c3c4ccccc4c(-c4cccc5c4sc4ccccc45)c4cc(C)ccc34)cc21. The van der Waals surface area contributed by atoms with Gasteiger partial charge in [0.2, 0.25) is 0 Å². The number of benzene rings is 7. The second kappa shape index (κ2) is 8.76. The number of hydrogen-bond donors (Lipinski definition) is 0. The van der Waals surface area contributed by atoms with Crippen LogP contribution in [0.5, 0.6) is 0 Å². The molecule has 0 bridgehead atoms. The molecule has 0 radical (unpaired) electrons. The summed E-state index contributed by atoms with van der Waals surface area (Å²) in [4.78, 5) is 0. The zero-order valence-corrected chi connectivity index (χ0v) is 24.1. The molecule has 0 N–H and O–H groups in total. The van der Waals surface area contributed by atoms with Crippen molar-refractivity contribution in [1.82, 2.24) is 0 Å². The summed E-state index contributed by atoms with van der Waals surface area (Å²) in [5, 5.41) is 7.82. The molecule has 0 atom stereocenters. The molecule has 0 saturated carbocycles. The van der Waals surface area contributed by atoms with Gasteiger partial charge in [0.05, 0.1) is 0 Å². The van der Waals surface area contributed by atoms with E-state index in [9.17, 15) is 0 Å². The van der Waals surface area contributed by atoms with Crippen molar-refractivity contribution in [1.29, 1.82) is 0 Å². The lowest BCUT2D eigenvalue weighted by atomic mass is 9.84. The molecule has 1 aliphatic carbocycles. The van der Waals surface area contributed by atoms with Crippen LogP contribution in [-0.2, 0) is 0 Å². The predicted molar refractivity (Wildman–Crippen MR) is 184 cm³/mol. The molecule has 9 rings (SSSR count). The molecule has 0 fully saturated rings. The fourth-order valence-corrected chi connectivity index (χ4v) is 8.37. The van der Waals surface area contributed by atoms with Crippen LogP contribution in [0.1, 0.15) is 16.7 Å². The van der Waals surface area contributed by atoms with Gasteiger partial charge in [-0.3, -0.25) is 0 Å². The van der Waals surface area contributed by atoms with Crippen LogP contribution in [0, 0.1) is 6.92 Å². The van der Waals surface area contributed by atoms with Crippen LogP contribution < -0.4 is 0 Å². The third-order valence-corrected chi connectivity index (χ3v) is 10.2. The normalized spacial score (nSPS) is 12.5. The smallest absolute Gasteiger partial charge is 0.0434 e. The second-order valence-corrected chi connectivity index (χ2v) is 12.5. The lowest BCUT2D eigenvalue weighted by Gasteiger charge is -2.19. The summed E-state index contributed by atoms with van der Waals surface area (Å²) in [5.41, 5.74) is 12.6. The van der Waals surface area contributed by atoms with E-state index in [0.717, 1.165) is 5.57 Å². The summed E-state index contributed by atoms with van der Waals surface area (Å²) in [5.74, 6) is 0. The van der Waals surface area contributed by atoms with E-state index in [-0.39, 0.29) is 0 Å². The molecular weight excluding hydrogens is 525 g/mol. The van der Waals surface area contributed by atoms with Gasteiger partial charge in [-0.25, -0.2) is 0 Å². The number of rotatable bonds is 2. The summed E-state index contributed by atoms with van der Waals surface area (Å²) in [6, 6.07) is 47.1. The molecule has 1 aliphatic rings. The van der Waals surface area contributed by atoms with Crippen LogP contribution in [-0.4, -0.2) is 0 Å². The van der Waals surface area contributed by atoms with E-state index in [4.69, 9.17) is 0 Å². The number of hydrogen-bond acceptors (Lipinski definition) is 1. The molecule has 42 heavy (non-hydrogen) atoms. The van der Waals surface area contributed by atoms with Crippen molar-refractivity contribution in [2.45, 2.75) is 6.92 Å². The maximum atomic E-state index is 4.51. The quantitative estimate of drug-likeness (QED) is 0.188. The van der Waals surface area contributed by atoms with Crippen molar-refractivity contribution in [3.05, 3.63) is 151 Å². The Bertz CT molecular complexity index is 2440. The number of thiophene rings is 1. The van der Waals surface area contributed by atoms with Gasteiger partial charge in [0.25, 0.3) is 0 Å². The lowest BCUT2D eigenvalue weighted by Crippen LogP contribution is -1.92. The maximum absolute atomic E-state index is 4.51. The van der Waals surface area contributed by atoms with Crippen molar-refractivity contribution in [3.63, 3.8) is 0 Å². The Labute approximate surface area is 248 Å². The van der Waals surface area contributed by atoms with Gasteiger partial charge in [0, 0.05) is 25.7 Å². The van der Waals surface area contributed by atoms with E-state index in [1.54, 1.807) is 0 Å². The standard InChI is InChI=1S/C41H26S/c1-24-18-20-33-37(22-24)40(35-16-9-15-34-30-12-7-8-17-38(30)42-41(34)35)32-14-6-5-13-31(32)39(33)26-19-21-29-28-11-4-3-10-27(28)25(2)36(29)23-26/h3-23H,2H2,1H3. The van der Waals surface area contributed by atoms with Gasteiger partial charge in [-0.05, 0) is 85.1 Å². The van der Waals surface area contributed by atoms with E-state index in [0.29, 0.717) is 0 Å². The van der Waals surface area contributed by atoms with Crippen LogP contribution in [0.15, 0.2) is 134 Å². The molecule has 1 heteroatoms. The maximum Gasteiger partial charge on any atom is 0.0434 e. The Hall–Kier alpha value is -4.98. The number of fused-ring (bicyclic) bond motifs is 8. The summed E-state index contributed by atoms with van der Waals surface area (Å²) in [6.45, 7) is 6.71. The van der Waals surface area contributed by atoms with Gasteiger partial charge in [0.1, 0.15) is 0 Å². The molecule has 0 amide bonds. The fraction of sp³-hybridized carbons (Fsp3) is 0.0244. The summed E-state index contributed by atoms with van der Waals surface area (Å²) >= 11 is 1.90. The van der Waals surface area contributed by atoms with E-state index < -0.39 is 0 Å². The average Bonchev–Trinajstić information content (AvgIpc) is 3.55. The molecule has 0 aliphatic heterocycles. The number of aryl methyl sites for hydroxylation is 1. The molecule has 196 valence electrons. The highest BCUT2D eigenvalue weighted by Crippen LogP contribution is 2.50. The van der Waals surface area contributed by atoms with Crippen molar-refractivity contribution in [3.8, 4) is 33.4 Å². The first-order chi connectivity index (χ1) is 20.7. The van der Waals surface area contributed by atoms with Crippen molar-refractivity contribution in [2.75, 3.05) is 0 Å².